The van der Waals surface area contributed by atoms with Crippen molar-refractivity contribution >= 4 is 40.6 Å². The maximum Gasteiger partial charge on any atom is 0.246 e. The summed E-state index contributed by atoms with van der Waals surface area (Å²) >= 11 is 0. The Hall–Kier alpha value is -7.01. The van der Waals surface area contributed by atoms with Crippen LogP contribution < -0.4 is 21.3 Å². The van der Waals surface area contributed by atoms with Crippen LogP contribution in [0.4, 0.5) is 4.39 Å². The van der Waals surface area contributed by atoms with Crippen LogP contribution in [-0.4, -0.2) is 102 Å². The maximum atomic E-state index is 14.4. The van der Waals surface area contributed by atoms with Crippen LogP contribution in [0.2, 0.25) is 0 Å². The second-order valence-electron chi connectivity index (χ2n) is 19.8. The molecule has 4 amide bonds. The normalized spacial score (nSPS) is 16.1. The van der Waals surface area contributed by atoms with Gasteiger partial charge in [0.05, 0.1) is 31.0 Å². The van der Waals surface area contributed by atoms with Gasteiger partial charge in [-0.1, -0.05) is 95.8 Å². The van der Waals surface area contributed by atoms with E-state index in [4.69, 9.17) is 0 Å². The molecule has 2 aromatic carbocycles. The molecule has 0 aliphatic carbocycles. The van der Waals surface area contributed by atoms with E-state index in [-0.39, 0.29) is 54.4 Å². The number of nitrogens with zero attached hydrogens (tertiary/aromatic N) is 6. The van der Waals surface area contributed by atoms with E-state index in [0.29, 0.717) is 44.3 Å². The highest BCUT2D eigenvalue weighted by molar-refractivity contribution is 5.96. The Morgan fingerprint density at radius 2 is 1.58 bits per heavy atom. The van der Waals surface area contributed by atoms with E-state index in [2.05, 4.69) is 41.4 Å². The van der Waals surface area contributed by atoms with E-state index in [1.807, 2.05) is 82.6 Å². The molecular formula is C54H68FN11O5. The molecule has 5 atom stereocenters. The Bertz CT molecular complexity index is 2780. The van der Waals surface area contributed by atoms with Crippen LogP contribution in [0.1, 0.15) is 121 Å². The van der Waals surface area contributed by atoms with Gasteiger partial charge in [0.25, 0.3) is 0 Å². The fourth-order valence-corrected chi connectivity index (χ4v) is 9.12. The highest BCUT2D eigenvalue weighted by Gasteiger charge is 2.45. The third-order valence-electron chi connectivity index (χ3n) is 13.3. The van der Waals surface area contributed by atoms with Gasteiger partial charge in [-0.15, -0.1) is 0 Å². The highest BCUT2D eigenvalue weighted by Crippen LogP contribution is 2.32. The Morgan fingerprint density at radius 3 is 2.30 bits per heavy atom. The quantitative estimate of drug-likeness (QED) is 0.0423. The zero-order valence-corrected chi connectivity index (χ0v) is 41.7. The van der Waals surface area contributed by atoms with Crippen molar-refractivity contribution in [2.45, 2.75) is 136 Å². The molecule has 0 saturated carbocycles. The summed E-state index contributed by atoms with van der Waals surface area (Å²) < 4.78 is 16.9. The van der Waals surface area contributed by atoms with Gasteiger partial charge in [0, 0.05) is 77.9 Å². The number of unbranched alkanes of at least 4 members (excludes halogenated alkanes) is 5. The molecule has 1 saturated heterocycles. The molecular weight excluding hydrogens is 902 g/mol. The number of aromatic amines is 1. The fourth-order valence-electron chi connectivity index (χ4n) is 9.12. The number of pyridine rings is 1. The molecule has 0 spiro atoms. The molecule has 0 radical (unpaired) electrons. The van der Waals surface area contributed by atoms with Crippen molar-refractivity contribution in [1.82, 2.24) is 55.7 Å². The number of fused-ring (bicyclic) bond motifs is 1. The Kier molecular flexibility index (Phi) is 17.3. The van der Waals surface area contributed by atoms with Gasteiger partial charge in [-0.25, -0.2) is 14.1 Å². The Labute approximate surface area is 414 Å². The number of nitrogens with one attached hydrogen (secondary N) is 5. The number of hydrogen-bond donors (Lipinski definition) is 5. The number of carbonyl (C=O) groups excluding carboxylic acids is 5. The first-order valence-electron chi connectivity index (χ1n) is 24.9. The lowest BCUT2D eigenvalue weighted by Gasteiger charge is -2.36. The maximum absolute atomic E-state index is 14.4. The predicted molar refractivity (Wildman–Crippen MR) is 271 cm³/mol. The monoisotopic (exact) mass is 970 g/mol. The summed E-state index contributed by atoms with van der Waals surface area (Å²) in [4.78, 5) is 77.2. The molecule has 1 aliphatic heterocycles. The molecule has 5 heterocycles. The Morgan fingerprint density at radius 1 is 0.845 bits per heavy atom. The van der Waals surface area contributed by atoms with Gasteiger partial charge in [0.1, 0.15) is 23.5 Å². The number of benzene rings is 2. The number of amides is 4. The van der Waals surface area contributed by atoms with Crippen LogP contribution in [0.25, 0.3) is 33.3 Å². The van der Waals surface area contributed by atoms with E-state index in [9.17, 15) is 28.4 Å². The zero-order chi connectivity index (χ0) is 50.7. The van der Waals surface area contributed by atoms with Crippen LogP contribution in [0.15, 0.2) is 97.8 Å². The van der Waals surface area contributed by atoms with E-state index >= 15 is 0 Å². The van der Waals surface area contributed by atoms with Gasteiger partial charge in [-0.2, -0.15) is 10.2 Å². The average Bonchev–Trinajstić information content (AvgIpc) is 4.20. The summed E-state index contributed by atoms with van der Waals surface area (Å²) in [6.45, 7) is 9.93. The number of hydrogen-bond acceptors (Lipinski definition) is 9. The average molecular weight is 970 g/mol. The van der Waals surface area contributed by atoms with Crippen LogP contribution in [0.3, 0.4) is 0 Å². The summed E-state index contributed by atoms with van der Waals surface area (Å²) in [5.74, 6) is -1.50. The molecule has 5 N–H and O–H groups in total. The molecule has 7 rings (SSSR count). The van der Waals surface area contributed by atoms with Crippen molar-refractivity contribution in [3.63, 3.8) is 0 Å². The van der Waals surface area contributed by atoms with Gasteiger partial charge < -0.3 is 31.2 Å². The molecule has 16 nitrogen and oxygen atoms in total. The molecule has 6 aromatic rings. The smallest absolute Gasteiger partial charge is 0.246 e. The minimum atomic E-state index is -0.903. The van der Waals surface area contributed by atoms with E-state index < -0.39 is 29.6 Å². The van der Waals surface area contributed by atoms with Crippen molar-refractivity contribution in [2.24, 2.45) is 5.41 Å². The number of H-pyrrole nitrogens is 1. The number of carbonyl (C=O) groups is 5. The van der Waals surface area contributed by atoms with Gasteiger partial charge in [-0.3, -0.25) is 28.7 Å². The standard InChI is InChI=1S/C54H68FN11O5/c1-7-45(37-19-13-12-14-20-37)62-52(70)46-26-42(34-65(46)53(71)49(54(3,4)5)63-51(69)35(2)56-6)61-47(67)22-15-10-8-9-11-16-23-48(68)66-33-39(28-60-66)38-25-43-44(30-58-50(43)57-27-38)40-29-59-64(32-40)31-36-18-17-21-41(55)24-36/h12-14,17-21,24-25,27-30,32-33,35,42,45-46,49,56H,7-11,15-16,22-23,26,31,34H2,1-6H3,(H,57,58)(H,61,67)(H,62,70)(H,63,69)/t35-,42-,45+,46-,49+/m0/s1. The van der Waals surface area contributed by atoms with Crippen molar-refractivity contribution < 1.29 is 28.4 Å². The summed E-state index contributed by atoms with van der Waals surface area (Å²) in [5.41, 5.74) is 5.24. The lowest BCUT2D eigenvalue weighted by Crippen LogP contribution is -2.59. The lowest BCUT2D eigenvalue weighted by molar-refractivity contribution is -0.144. The van der Waals surface area contributed by atoms with Crippen LogP contribution in [-0.2, 0) is 25.7 Å². The predicted octanol–water partition coefficient (Wildman–Crippen LogP) is 7.73. The van der Waals surface area contributed by atoms with Crippen LogP contribution in [0, 0.1) is 11.2 Å². The van der Waals surface area contributed by atoms with Gasteiger partial charge >= 0.3 is 0 Å². The highest BCUT2D eigenvalue weighted by atomic mass is 19.1. The van der Waals surface area contributed by atoms with Crippen molar-refractivity contribution in [3.05, 3.63) is 115 Å². The molecule has 17 heteroatoms. The number of halogens is 1. The number of aromatic nitrogens is 6. The van der Waals surface area contributed by atoms with E-state index in [1.54, 1.807) is 49.5 Å². The first-order chi connectivity index (χ1) is 34.1. The summed E-state index contributed by atoms with van der Waals surface area (Å²) in [5, 5.41) is 21.8. The Balaban J connectivity index is 0.855. The first-order valence-corrected chi connectivity index (χ1v) is 24.9. The van der Waals surface area contributed by atoms with Crippen molar-refractivity contribution in [3.8, 4) is 22.3 Å². The summed E-state index contributed by atoms with van der Waals surface area (Å²) in [6, 6.07) is 15.2. The number of likely N-dealkylation sites (N-methyl/N-ethyl adjacent to an activating group) is 1. The van der Waals surface area contributed by atoms with Crippen LogP contribution in [0.5, 0.6) is 0 Å². The molecule has 4 aromatic heterocycles. The van der Waals surface area contributed by atoms with Gasteiger partial charge in [-0.05, 0) is 74.4 Å². The fraction of sp³-hybridized carbons (Fsp3) is 0.444. The molecule has 0 bridgehead atoms. The number of rotatable bonds is 22. The minimum Gasteiger partial charge on any atom is -0.351 e. The van der Waals surface area contributed by atoms with Gasteiger partial charge in [0.15, 0.2) is 0 Å². The summed E-state index contributed by atoms with van der Waals surface area (Å²) in [6.07, 6.45) is 17.2. The van der Waals surface area contributed by atoms with Crippen LogP contribution >= 0.6 is 0 Å². The second-order valence-corrected chi connectivity index (χ2v) is 19.8. The largest absolute Gasteiger partial charge is 0.351 e. The molecule has 71 heavy (non-hydrogen) atoms. The minimum absolute atomic E-state index is 0.0923. The molecule has 1 fully saturated rings. The first kappa shape index (κ1) is 51.8. The third-order valence-corrected chi connectivity index (χ3v) is 13.3. The van der Waals surface area contributed by atoms with Gasteiger partial charge in [0.2, 0.25) is 29.5 Å². The zero-order valence-electron chi connectivity index (χ0n) is 41.7. The van der Waals surface area contributed by atoms with Crippen molar-refractivity contribution in [1.29, 1.82) is 0 Å². The molecule has 1 aliphatic rings. The van der Waals surface area contributed by atoms with E-state index in [1.165, 1.54) is 21.7 Å². The number of likely N-dealkylation sites (tertiary alicyclic amines) is 1. The molecule has 0 unspecified atom stereocenters. The third kappa shape index (κ3) is 13.4. The second kappa shape index (κ2) is 23.7. The van der Waals surface area contributed by atoms with E-state index in [0.717, 1.165) is 64.5 Å². The topological polar surface area (TPSA) is 201 Å². The van der Waals surface area contributed by atoms with Crippen molar-refractivity contribution in [2.75, 3.05) is 13.6 Å². The summed E-state index contributed by atoms with van der Waals surface area (Å²) in [7, 11) is 1.67. The SMILES string of the molecule is CC[C@@H](NC(=O)[C@@H]1C[C@H](NC(=O)CCCCCCCCC(=O)n2cc(-c3cnc4[nH]cc(-c5cnn(Cc6cccc(F)c6)c5)c4c3)cn2)CN1C(=O)[C@@H](NC(=O)[C@H](C)NC)C(C)(C)C)c1ccccc1. The molecule has 376 valence electrons. The lowest BCUT2D eigenvalue weighted by atomic mass is 9.85.